The molecule has 0 atom stereocenters. The van der Waals surface area contributed by atoms with Gasteiger partial charge in [-0.2, -0.15) is 0 Å². The quantitative estimate of drug-likeness (QED) is 0.195. The Hall–Kier alpha value is -1.83. The van der Waals surface area contributed by atoms with Crippen LogP contribution < -0.4 is 5.32 Å². The summed E-state index contributed by atoms with van der Waals surface area (Å²) in [7, 11) is 0. The van der Waals surface area contributed by atoms with Crippen molar-refractivity contribution in [3.63, 3.8) is 0 Å². The lowest BCUT2D eigenvalue weighted by molar-refractivity contribution is -0.116. The first kappa shape index (κ1) is 23.2. The highest BCUT2D eigenvalue weighted by atomic mass is 16.1. The van der Waals surface area contributed by atoms with Gasteiger partial charge < -0.3 is 5.32 Å². The predicted molar refractivity (Wildman–Crippen MR) is 112 cm³/mol. The molecule has 0 heterocycles. The Kier molecular flexibility index (Phi) is 18.7. The summed E-state index contributed by atoms with van der Waals surface area (Å²) < 4.78 is 0. The Labute approximate surface area is 155 Å². The van der Waals surface area contributed by atoms with Gasteiger partial charge in [-0.1, -0.05) is 75.0 Å². The molecule has 0 aliphatic heterocycles. The molecular formula is C23H37NO. The van der Waals surface area contributed by atoms with Crippen LogP contribution in [-0.2, 0) is 4.79 Å². The van der Waals surface area contributed by atoms with E-state index in [1.54, 1.807) is 0 Å². The van der Waals surface area contributed by atoms with Gasteiger partial charge in [0, 0.05) is 6.54 Å². The summed E-state index contributed by atoms with van der Waals surface area (Å²) in [5.41, 5.74) is 0. The molecule has 0 bridgehead atoms. The smallest absolute Gasteiger partial charge is 0.243 e. The third-order valence-corrected chi connectivity index (χ3v) is 3.74. The summed E-state index contributed by atoms with van der Waals surface area (Å²) in [6.45, 7) is 6.40. The van der Waals surface area contributed by atoms with E-state index in [-0.39, 0.29) is 5.91 Å². The first-order valence-electron chi connectivity index (χ1n) is 9.81. The minimum absolute atomic E-state index is 0.0854. The summed E-state index contributed by atoms with van der Waals surface area (Å²) in [5, 5.41) is 2.78. The molecule has 0 saturated carbocycles. The van der Waals surface area contributed by atoms with E-state index in [4.69, 9.17) is 0 Å². The van der Waals surface area contributed by atoms with Crippen molar-refractivity contribution >= 4 is 5.91 Å². The van der Waals surface area contributed by atoms with Crippen molar-refractivity contribution in [2.75, 3.05) is 6.54 Å². The normalized spacial score (nSPS) is 12.0. The van der Waals surface area contributed by atoms with Crippen molar-refractivity contribution in [2.45, 2.75) is 71.1 Å². The van der Waals surface area contributed by atoms with Gasteiger partial charge in [0.15, 0.2) is 0 Å². The van der Waals surface area contributed by atoms with E-state index in [1.165, 1.54) is 31.8 Å². The summed E-state index contributed by atoms with van der Waals surface area (Å²) in [4.78, 5) is 10.9. The van der Waals surface area contributed by atoms with E-state index < -0.39 is 0 Å². The van der Waals surface area contributed by atoms with Crippen LogP contribution in [0.3, 0.4) is 0 Å². The first-order valence-corrected chi connectivity index (χ1v) is 9.81. The lowest BCUT2D eigenvalue weighted by atomic mass is 10.2. The van der Waals surface area contributed by atoms with E-state index in [2.05, 4.69) is 67.4 Å². The van der Waals surface area contributed by atoms with Gasteiger partial charge in [-0.25, -0.2) is 0 Å². The lowest BCUT2D eigenvalue weighted by Gasteiger charge is -1.99. The van der Waals surface area contributed by atoms with Crippen molar-refractivity contribution in [2.24, 2.45) is 0 Å². The molecule has 1 N–H and O–H groups in total. The molecule has 0 spiro atoms. The van der Waals surface area contributed by atoms with Crippen LogP contribution in [0.25, 0.3) is 0 Å². The third kappa shape index (κ3) is 20.1. The SMILES string of the molecule is C=CC(=O)NCCCC/C=C\C/C=C\C/C=C\C/C=C\CCCCC. The van der Waals surface area contributed by atoms with Gasteiger partial charge >= 0.3 is 0 Å². The number of unbranched alkanes of at least 4 members (excludes halogenated alkanes) is 5. The van der Waals surface area contributed by atoms with Crippen LogP contribution in [0.1, 0.15) is 71.1 Å². The molecule has 2 heteroatoms. The van der Waals surface area contributed by atoms with Crippen molar-refractivity contribution in [1.82, 2.24) is 5.32 Å². The van der Waals surface area contributed by atoms with Crippen molar-refractivity contribution in [3.05, 3.63) is 61.3 Å². The lowest BCUT2D eigenvalue weighted by Crippen LogP contribution is -2.21. The van der Waals surface area contributed by atoms with E-state index in [0.29, 0.717) is 0 Å². The Bertz CT molecular complexity index is 429. The van der Waals surface area contributed by atoms with E-state index in [9.17, 15) is 4.79 Å². The minimum Gasteiger partial charge on any atom is -0.353 e. The molecule has 0 aromatic carbocycles. The number of hydrogen-bond acceptors (Lipinski definition) is 1. The standard InChI is InChI=1S/C23H37NO/c1-3-5-6-7-8-9-10-11-12-13-14-15-16-17-18-19-20-21-22-24-23(25)4-2/h4,8-9,11-12,14-15,17-18H,2-3,5-7,10,13,16,19-22H2,1H3,(H,24,25)/b9-8-,12-11-,15-14-,18-17-. The topological polar surface area (TPSA) is 29.1 Å². The molecule has 0 rings (SSSR count). The van der Waals surface area contributed by atoms with E-state index in [0.717, 1.165) is 45.1 Å². The Morgan fingerprint density at radius 1 is 0.760 bits per heavy atom. The number of carbonyl (C=O) groups excluding carboxylic acids is 1. The molecule has 1 amide bonds. The molecule has 0 unspecified atom stereocenters. The number of amides is 1. The zero-order valence-electron chi connectivity index (χ0n) is 16.1. The number of carbonyl (C=O) groups is 1. The molecular weight excluding hydrogens is 306 g/mol. The van der Waals surface area contributed by atoms with Gasteiger partial charge in [0.1, 0.15) is 0 Å². The van der Waals surface area contributed by atoms with Crippen molar-refractivity contribution in [3.8, 4) is 0 Å². The highest BCUT2D eigenvalue weighted by molar-refractivity contribution is 5.86. The maximum Gasteiger partial charge on any atom is 0.243 e. The maximum atomic E-state index is 10.9. The van der Waals surface area contributed by atoms with Gasteiger partial charge in [0.25, 0.3) is 0 Å². The predicted octanol–water partition coefficient (Wildman–Crippen LogP) is 6.43. The fourth-order valence-electron chi connectivity index (χ4n) is 2.23. The molecule has 0 fully saturated rings. The van der Waals surface area contributed by atoms with Crippen LogP contribution in [0, 0.1) is 0 Å². The largest absolute Gasteiger partial charge is 0.353 e. The third-order valence-electron chi connectivity index (χ3n) is 3.74. The van der Waals surface area contributed by atoms with Crippen LogP contribution in [0.2, 0.25) is 0 Å². The van der Waals surface area contributed by atoms with Crippen LogP contribution in [-0.4, -0.2) is 12.5 Å². The van der Waals surface area contributed by atoms with Crippen LogP contribution in [0.4, 0.5) is 0 Å². The van der Waals surface area contributed by atoms with Gasteiger partial charge in [0.05, 0.1) is 0 Å². The van der Waals surface area contributed by atoms with Crippen LogP contribution in [0.5, 0.6) is 0 Å². The van der Waals surface area contributed by atoms with E-state index >= 15 is 0 Å². The second-order valence-corrected chi connectivity index (χ2v) is 6.08. The zero-order chi connectivity index (χ0) is 18.4. The molecule has 0 aliphatic carbocycles. The van der Waals surface area contributed by atoms with Gasteiger partial charge in [0.2, 0.25) is 5.91 Å². The fraction of sp³-hybridized carbons (Fsp3) is 0.522. The highest BCUT2D eigenvalue weighted by Gasteiger charge is 1.91. The number of hydrogen-bond donors (Lipinski definition) is 1. The van der Waals surface area contributed by atoms with E-state index in [1.807, 2.05) is 0 Å². The molecule has 0 radical (unpaired) electrons. The van der Waals surface area contributed by atoms with Crippen molar-refractivity contribution in [1.29, 1.82) is 0 Å². The molecule has 0 saturated heterocycles. The molecule has 140 valence electrons. The average molecular weight is 344 g/mol. The molecule has 25 heavy (non-hydrogen) atoms. The second kappa shape index (κ2) is 20.2. The first-order chi connectivity index (χ1) is 12.3. The molecule has 2 nitrogen and oxygen atoms in total. The summed E-state index contributed by atoms with van der Waals surface area (Å²) in [6, 6.07) is 0. The summed E-state index contributed by atoms with van der Waals surface area (Å²) in [6.07, 6.45) is 30.6. The maximum absolute atomic E-state index is 10.9. The molecule has 0 aliphatic rings. The van der Waals surface area contributed by atoms with Gasteiger partial charge in [-0.05, 0) is 57.4 Å². The van der Waals surface area contributed by atoms with Crippen LogP contribution in [0.15, 0.2) is 61.3 Å². The van der Waals surface area contributed by atoms with Gasteiger partial charge in [-0.3, -0.25) is 4.79 Å². The molecule has 0 aromatic rings. The fourth-order valence-corrected chi connectivity index (χ4v) is 2.23. The Morgan fingerprint density at radius 3 is 1.72 bits per heavy atom. The second-order valence-electron chi connectivity index (χ2n) is 6.08. The average Bonchev–Trinajstić information content (AvgIpc) is 2.63. The summed E-state index contributed by atoms with van der Waals surface area (Å²) >= 11 is 0. The van der Waals surface area contributed by atoms with Crippen molar-refractivity contribution < 1.29 is 4.79 Å². The molecule has 0 aromatic heterocycles. The minimum atomic E-state index is -0.0854. The summed E-state index contributed by atoms with van der Waals surface area (Å²) in [5.74, 6) is -0.0854. The monoisotopic (exact) mass is 343 g/mol. The van der Waals surface area contributed by atoms with Crippen LogP contribution >= 0.6 is 0 Å². The number of rotatable bonds is 16. The zero-order valence-corrected chi connectivity index (χ0v) is 16.1. The Morgan fingerprint density at radius 2 is 1.24 bits per heavy atom. The van der Waals surface area contributed by atoms with Gasteiger partial charge in [-0.15, -0.1) is 0 Å². The highest BCUT2D eigenvalue weighted by Crippen LogP contribution is 2.01. The Balaban J connectivity index is 3.40. The number of allylic oxidation sites excluding steroid dienone is 8. The number of nitrogens with one attached hydrogen (secondary N) is 1.